The summed E-state index contributed by atoms with van der Waals surface area (Å²) < 4.78 is 44.6. The number of sulfone groups is 1. The van der Waals surface area contributed by atoms with E-state index in [1.165, 1.54) is 43.5 Å². The Morgan fingerprint density at radius 1 is 1.15 bits per heavy atom. The van der Waals surface area contributed by atoms with Crippen molar-refractivity contribution in [2.75, 3.05) is 13.7 Å². The van der Waals surface area contributed by atoms with Crippen molar-refractivity contribution in [1.82, 2.24) is 0 Å². The topological polar surface area (TPSA) is 80.7 Å². The highest BCUT2D eigenvalue weighted by Crippen LogP contribution is 2.64. The van der Waals surface area contributed by atoms with Gasteiger partial charge in [-0.25, -0.2) is 12.8 Å². The molecule has 1 fully saturated rings. The molecule has 0 saturated heterocycles. The summed E-state index contributed by atoms with van der Waals surface area (Å²) in [5.41, 5.74) is -0.237. The van der Waals surface area contributed by atoms with Gasteiger partial charge in [0.2, 0.25) is 0 Å². The largest absolute Gasteiger partial charge is 0.481 e. The van der Waals surface area contributed by atoms with E-state index in [1.807, 2.05) is 6.92 Å². The van der Waals surface area contributed by atoms with Gasteiger partial charge in [-0.05, 0) is 36.8 Å². The minimum absolute atomic E-state index is 0.0689. The summed E-state index contributed by atoms with van der Waals surface area (Å²) in [4.78, 5) is 12.1. The quantitative estimate of drug-likeness (QED) is 0.836. The van der Waals surface area contributed by atoms with Gasteiger partial charge in [0, 0.05) is 13.0 Å². The van der Waals surface area contributed by atoms with Crippen LogP contribution in [0.25, 0.3) is 0 Å². The molecule has 0 heterocycles. The van der Waals surface area contributed by atoms with E-state index in [2.05, 4.69) is 0 Å². The third-order valence-corrected chi connectivity index (χ3v) is 7.24. The number of rotatable bonds is 6. The van der Waals surface area contributed by atoms with Crippen LogP contribution in [-0.4, -0.2) is 38.5 Å². The predicted octanol–water partition coefficient (Wildman–Crippen LogP) is 2.79. The first-order valence-corrected chi connectivity index (χ1v) is 9.58. The van der Waals surface area contributed by atoms with Crippen molar-refractivity contribution in [2.45, 2.75) is 23.0 Å². The van der Waals surface area contributed by atoms with E-state index in [0.29, 0.717) is 5.56 Å². The van der Waals surface area contributed by atoms with Gasteiger partial charge in [0.05, 0.1) is 16.8 Å². The zero-order chi connectivity index (χ0) is 19.1. The molecule has 1 aliphatic carbocycles. The Morgan fingerprint density at radius 3 is 2.23 bits per heavy atom. The molecule has 0 radical (unpaired) electrons. The standard InChI is InChI=1S/C19H19FO5S/c1-12-3-9-15(10-4-12)26(23,24)17-16(13-5-7-14(20)8-6-13)19(17,11-25-2)18(21)22/h3-10,16-17H,11H2,1-2H3,(H,21,22)/t16-,17-,19-/m0/s1. The van der Waals surface area contributed by atoms with Crippen molar-refractivity contribution in [2.24, 2.45) is 5.41 Å². The van der Waals surface area contributed by atoms with Crippen LogP contribution in [0.5, 0.6) is 0 Å². The Kier molecular flexibility index (Phi) is 4.62. The molecule has 0 amide bonds. The average molecular weight is 378 g/mol. The zero-order valence-electron chi connectivity index (χ0n) is 14.3. The number of hydrogen-bond donors (Lipinski definition) is 1. The first-order valence-electron chi connectivity index (χ1n) is 8.03. The summed E-state index contributed by atoms with van der Waals surface area (Å²) in [6.07, 6.45) is 0. The molecule has 1 saturated carbocycles. The Morgan fingerprint density at radius 2 is 1.73 bits per heavy atom. The van der Waals surface area contributed by atoms with E-state index in [4.69, 9.17) is 4.74 Å². The smallest absolute Gasteiger partial charge is 0.314 e. The highest BCUT2D eigenvalue weighted by atomic mass is 32.2. The van der Waals surface area contributed by atoms with Gasteiger partial charge in [-0.1, -0.05) is 29.8 Å². The molecule has 138 valence electrons. The Balaban J connectivity index is 2.11. The molecule has 0 aromatic heterocycles. The lowest BCUT2D eigenvalue weighted by molar-refractivity contribution is -0.145. The molecule has 0 unspecified atom stereocenters. The van der Waals surface area contributed by atoms with Gasteiger partial charge in [-0.2, -0.15) is 0 Å². The van der Waals surface area contributed by atoms with Crippen LogP contribution >= 0.6 is 0 Å². The molecule has 26 heavy (non-hydrogen) atoms. The Bertz CT molecular complexity index is 921. The van der Waals surface area contributed by atoms with Crippen molar-refractivity contribution < 1.29 is 27.4 Å². The van der Waals surface area contributed by atoms with E-state index in [9.17, 15) is 22.7 Å². The van der Waals surface area contributed by atoms with Gasteiger partial charge in [0.25, 0.3) is 0 Å². The van der Waals surface area contributed by atoms with E-state index in [-0.39, 0.29) is 11.5 Å². The van der Waals surface area contributed by atoms with Crippen LogP contribution < -0.4 is 0 Å². The maximum atomic E-state index is 13.2. The van der Waals surface area contributed by atoms with Gasteiger partial charge < -0.3 is 9.84 Å². The number of carbonyl (C=O) groups is 1. The van der Waals surface area contributed by atoms with Crippen LogP contribution in [0, 0.1) is 18.2 Å². The molecule has 0 spiro atoms. The first-order chi connectivity index (χ1) is 12.2. The number of aliphatic carboxylic acids is 1. The summed E-state index contributed by atoms with van der Waals surface area (Å²) in [7, 11) is -2.59. The number of carboxylic acid groups (broad SMARTS) is 1. The van der Waals surface area contributed by atoms with Crippen LogP contribution in [0.2, 0.25) is 0 Å². The van der Waals surface area contributed by atoms with Crippen molar-refractivity contribution in [3.05, 3.63) is 65.5 Å². The number of carboxylic acids is 1. The summed E-state index contributed by atoms with van der Waals surface area (Å²) in [6.45, 7) is 1.58. The van der Waals surface area contributed by atoms with E-state index in [1.54, 1.807) is 12.1 Å². The second kappa shape index (κ2) is 6.48. The molecule has 0 aliphatic heterocycles. The molecule has 3 atom stereocenters. The second-order valence-electron chi connectivity index (χ2n) is 6.59. The van der Waals surface area contributed by atoms with E-state index < -0.39 is 38.2 Å². The number of halogens is 1. The van der Waals surface area contributed by atoms with E-state index >= 15 is 0 Å². The number of hydrogen-bond acceptors (Lipinski definition) is 4. The summed E-state index contributed by atoms with van der Waals surface area (Å²) in [5.74, 6) is -2.53. The van der Waals surface area contributed by atoms with Crippen molar-refractivity contribution >= 4 is 15.8 Å². The second-order valence-corrected chi connectivity index (χ2v) is 8.66. The normalized spacial score (nSPS) is 25.0. The summed E-state index contributed by atoms with van der Waals surface area (Å²) in [5, 5.41) is 8.65. The molecule has 2 aromatic rings. The van der Waals surface area contributed by atoms with Gasteiger partial charge in [-0.3, -0.25) is 4.79 Å². The number of methoxy groups -OCH3 is 1. The Labute approximate surface area is 151 Å². The van der Waals surface area contributed by atoms with Gasteiger partial charge in [-0.15, -0.1) is 0 Å². The fourth-order valence-electron chi connectivity index (χ4n) is 3.60. The van der Waals surface area contributed by atoms with Crippen LogP contribution in [0.3, 0.4) is 0 Å². The highest BCUT2D eigenvalue weighted by molar-refractivity contribution is 7.92. The molecule has 7 heteroatoms. The summed E-state index contributed by atoms with van der Waals surface area (Å²) >= 11 is 0. The third-order valence-electron chi connectivity index (χ3n) is 4.95. The minimum atomic E-state index is -3.92. The first kappa shape index (κ1) is 18.5. The Hall–Kier alpha value is -2.25. The molecular formula is C19H19FO5S. The predicted molar refractivity (Wildman–Crippen MR) is 93.2 cm³/mol. The maximum absolute atomic E-state index is 13.2. The minimum Gasteiger partial charge on any atom is -0.481 e. The molecule has 5 nitrogen and oxygen atoms in total. The SMILES string of the molecule is COC[C@]1(C(=O)O)[C@@H](c2ccc(F)cc2)[C@@H]1S(=O)(=O)c1ccc(C)cc1. The molecule has 3 rings (SSSR count). The van der Waals surface area contributed by atoms with Crippen LogP contribution in [-0.2, 0) is 19.4 Å². The van der Waals surface area contributed by atoms with Gasteiger partial charge >= 0.3 is 5.97 Å². The lowest BCUT2D eigenvalue weighted by Crippen LogP contribution is -2.28. The zero-order valence-corrected chi connectivity index (χ0v) is 15.2. The molecular weight excluding hydrogens is 359 g/mol. The molecule has 1 aliphatic rings. The highest BCUT2D eigenvalue weighted by Gasteiger charge is 2.76. The van der Waals surface area contributed by atoms with Gasteiger partial charge in [0.1, 0.15) is 11.2 Å². The monoisotopic (exact) mass is 378 g/mol. The van der Waals surface area contributed by atoms with Gasteiger partial charge in [0.15, 0.2) is 9.84 Å². The number of aryl methyl sites for hydroxylation is 1. The third kappa shape index (κ3) is 2.81. The lowest BCUT2D eigenvalue weighted by Gasteiger charge is -2.12. The molecule has 2 aromatic carbocycles. The maximum Gasteiger partial charge on any atom is 0.314 e. The average Bonchev–Trinajstić information content (AvgIpc) is 3.27. The van der Waals surface area contributed by atoms with Crippen molar-refractivity contribution in [3.8, 4) is 0 Å². The van der Waals surface area contributed by atoms with Crippen LogP contribution in [0.15, 0.2) is 53.4 Å². The fourth-order valence-corrected chi connectivity index (χ4v) is 5.96. The lowest BCUT2D eigenvalue weighted by atomic mass is 10.00. The van der Waals surface area contributed by atoms with Crippen LogP contribution in [0.4, 0.5) is 4.39 Å². The van der Waals surface area contributed by atoms with Crippen molar-refractivity contribution in [3.63, 3.8) is 0 Å². The summed E-state index contributed by atoms with van der Waals surface area (Å²) in [6, 6.07) is 11.5. The van der Waals surface area contributed by atoms with Crippen molar-refractivity contribution in [1.29, 1.82) is 0 Å². The number of benzene rings is 2. The fraction of sp³-hybridized carbons (Fsp3) is 0.316. The molecule has 1 N–H and O–H groups in total. The molecule has 0 bridgehead atoms. The number of ether oxygens (including phenoxy) is 1. The van der Waals surface area contributed by atoms with E-state index in [0.717, 1.165) is 5.56 Å². The van der Waals surface area contributed by atoms with Crippen LogP contribution in [0.1, 0.15) is 17.0 Å².